The van der Waals surface area contributed by atoms with E-state index in [4.69, 9.17) is 9.47 Å². The van der Waals surface area contributed by atoms with Crippen molar-refractivity contribution in [1.29, 1.82) is 0 Å². The number of nitrogens with zero attached hydrogens (tertiary/aromatic N) is 3. The van der Waals surface area contributed by atoms with Crippen molar-refractivity contribution >= 4 is 32.5 Å². The second-order valence-corrected chi connectivity index (χ2v) is 10.0. The molecular weight excluding hydrogens is 460 g/mol. The zero-order chi connectivity index (χ0) is 25.0. The van der Waals surface area contributed by atoms with E-state index in [1.807, 2.05) is 0 Å². The van der Waals surface area contributed by atoms with Crippen molar-refractivity contribution < 1.29 is 22.7 Å². The number of hydrogen-bond acceptors (Lipinski definition) is 7. The summed E-state index contributed by atoms with van der Waals surface area (Å²) in [6.45, 7) is 1.99. The number of anilines is 1. The van der Waals surface area contributed by atoms with Gasteiger partial charge in [-0.05, 0) is 37.1 Å². The molecule has 0 aliphatic heterocycles. The van der Waals surface area contributed by atoms with Gasteiger partial charge in [-0.25, -0.2) is 17.7 Å². The molecule has 34 heavy (non-hydrogen) atoms. The maximum atomic E-state index is 12.8. The van der Waals surface area contributed by atoms with Gasteiger partial charge in [0, 0.05) is 38.8 Å². The zero-order valence-electron chi connectivity index (χ0n) is 19.8. The first-order chi connectivity index (χ1) is 16.1. The van der Waals surface area contributed by atoms with Crippen LogP contribution in [-0.4, -0.2) is 56.5 Å². The second kappa shape index (κ2) is 10.2. The summed E-state index contributed by atoms with van der Waals surface area (Å²) in [5.41, 5.74) is 1.22. The Morgan fingerprint density at radius 3 is 2.44 bits per heavy atom. The number of nitrogens with one attached hydrogen (secondary N) is 1. The molecule has 0 atom stereocenters. The highest BCUT2D eigenvalue weighted by Crippen LogP contribution is 2.29. The Balaban J connectivity index is 1.69. The predicted molar refractivity (Wildman–Crippen MR) is 129 cm³/mol. The first-order valence-electron chi connectivity index (χ1n) is 10.5. The predicted octanol–water partition coefficient (Wildman–Crippen LogP) is 2.39. The van der Waals surface area contributed by atoms with Crippen LogP contribution in [0.1, 0.15) is 18.4 Å². The molecule has 0 saturated heterocycles. The van der Waals surface area contributed by atoms with Crippen LogP contribution in [0.5, 0.6) is 11.5 Å². The van der Waals surface area contributed by atoms with Gasteiger partial charge < -0.3 is 14.8 Å². The highest BCUT2D eigenvalue weighted by atomic mass is 32.2. The number of carbonyl (C=O) groups is 1. The number of aromatic nitrogens is 2. The van der Waals surface area contributed by atoms with Gasteiger partial charge in [-0.2, -0.15) is 0 Å². The molecule has 0 bridgehead atoms. The highest BCUT2D eigenvalue weighted by Gasteiger charge is 2.20. The summed E-state index contributed by atoms with van der Waals surface area (Å²) in [6.07, 6.45) is 1.97. The summed E-state index contributed by atoms with van der Waals surface area (Å²) < 4.78 is 38.0. The average molecular weight is 489 g/mol. The van der Waals surface area contributed by atoms with Crippen LogP contribution in [0.15, 0.2) is 46.3 Å². The Hall–Kier alpha value is -3.44. The molecule has 3 rings (SSSR count). The quantitative estimate of drug-likeness (QED) is 0.491. The van der Waals surface area contributed by atoms with Gasteiger partial charge in [-0.15, -0.1) is 0 Å². The summed E-state index contributed by atoms with van der Waals surface area (Å²) in [5, 5.41) is 3.11. The molecule has 1 amide bonds. The number of rotatable bonds is 9. The number of hydrogen-bond donors (Lipinski definition) is 1. The maximum absolute atomic E-state index is 12.8. The monoisotopic (exact) mass is 488 g/mol. The van der Waals surface area contributed by atoms with Crippen molar-refractivity contribution in [3.8, 4) is 11.5 Å². The number of methoxy groups -OCH3 is 2. The first-order valence-corrected chi connectivity index (χ1v) is 12.0. The van der Waals surface area contributed by atoms with Crippen LogP contribution >= 0.6 is 0 Å². The fourth-order valence-electron chi connectivity index (χ4n) is 3.43. The van der Waals surface area contributed by atoms with E-state index in [9.17, 15) is 18.0 Å². The maximum Gasteiger partial charge on any atom is 0.261 e. The van der Waals surface area contributed by atoms with Gasteiger partial charge >= 0.3 is 0 Å². The number of fused-ring (bicyclic) bond motifs is 1. The highest BCUT2D eigenvalue weighted by molar-refractivity contribution is 7.89. The number of amides is 1. The third-order valence-corrected chi connectivity index (χ3v) is 7.32. The Bertz CT molecular complexity index is 1380. The van der Waals surface area contributed by atoms with E-state index in [1.54, 1.807) is 31.2 Å². The van der Waals surface area contributed by atoms with Gasteiger partial charge in [-0.1, -0.05) is 6.07 Å². The molecule has 10 nitrogen and oxygen atoms in total. The van der Waals surface area contributed by atoms with Gasteiger partial charge in [0.05, 0.1) is 36.3 Å². The van der Waals surface area contributed by atoms with Crippen LogP contribution in [0, 0.1) is 6.92 Å². The van der Waals surface area contributed by atoms with E-state index in [1.165, 1.54) is 45.3 Å². The van der Waals surface area contributed by atoms with Gasteiger partial charge in [0.15, 0.2) is 11.5 Å². The summed E-state index contributed by atoms with van der Waals surface area (Å²) in [7, 11) is 2.28. The summed E-state index contributed by atoms with van der Waals surface area (Å²) in [6, 6.07) is 7.97. The number of carbonyl (C=O) groups excluding carboxylic acids is 1. The minimum Gasteiger partial charge on any atom is -0.493 e. The van der Waals surface area contributed by atoms with E-state index in [-0.39, 0.29) is 29.3 Å². The Kier molecular flexibility index (Phi) is 7.57. The topological polar surface area (TPSA) is 120 Å². The van der Waals surface area contributed by atoms with Gasteiger partial charge in [0.2, 0.25) is 15.9 Å². The normalized spacial score (nSPS) is 11.6. The smallest absolute Gasteiger partial charge is 0.261 e. The lowest BCUT2D eigenvalue weighted by atomic mass is 10.2. The number of ether oxygens (including phenoxy) is 2. The van der Waals surface area contributed by atoms with Crippen LogP contribution in [0.4, 0.5) is 5.69 Å². The van der Waals surface area contributed by atoms with Gasteiger partial charge in [0.25, 0.3) is 5.56 Å². The SMILES string of the molecule is COc1cc2ncn(CCCC(=O)Nc3ccc(C)c(S(=O)(=O)N(C)C)c3)c(=O)c2cc1OC. The van der Waals surface area contributed by atoms with Crippen molar-refractivity contribution in [3.05, 3.63) is 52.6 Å². The summed E-state index contributed by atoms with van der Waals surface area (Å²) >= 11 is 0. The molecular formula is C23H28N4O6S. The first kappa shape index (κ1) is 25.2. The number of aryl methyl sites for hydroxylation is 2. The summed E-state index contributed by atoms with van der Waals surface area (Å²) in [4.78, 5) is 29.7. The second-order valence-electron chi connectivity index (χ2n) is 7.89. The summed E-state index contributed by atoms with van der Waals surface area (Å²) in [5.74, 6) is 0.624. The molecule has 1 heterocycles. The lowest BCUT2D eigenvalue weighted by molar-refractivity contribution is -0.116. The van der Waals surface area contributed by atoms with Crippen molar-refractivity contribution in [2.45, 2.75) is 31.2 Å². The molecule has 0 fully saturated rings. The fraction of sp³-hybridized carbons (Fsp3) is 0.348. The van der Waals surface area contributed by atoms with Crippen LogP contribution in [0.2, 0.25) is 0 Å². The Morgan fingerprint density at radius 2 is 1.79 bits per heavy atom. The molecule has 0 unspecified atom stereocenters. The van der Waals surface area contributed by atoms with Crippen LogP contribution in [0.25, 0.3) is 10.9 Å². The molecule has 182 valence electrons. The van der Waals surface area contributed by atoms with Crippen molar-refractivity contribution in [2.75, 3.05) is 33.6 Å². The van der Waals surface area contributed by atoms with Crippen LogP contribution in [0.3, 0.4) is 0 Å². The molecule has 1 N–H and O–H groups in total. The third kappa shape index (κ3) is 5.20. The lowest BCUT2D eigenvalue weighted by Crippen LogP contribution is -2.23. The molecule has 11 heteroatoms. The lowest BCUT2D eigenvalue weighted by Gasteiger charge is -2.15. The number of sulfonamides is 1. The molecule has 3 aromatic rings. The molecule has 2 aromatic carbocycles. The van der Waals surface area contributed by atoms with Crippen LogP contribution in [-0.2, 0) is 21.4 Å². The Labute approximate surface area is 198 Å². The van der Waals surface area contributed by atoms with Crippen molar-refractivity contribution in [1.82, 2.24) is 13.9 Å². The molecule has 0 spiro atoms. The average Bonchev–Trinajstić information content (AvgIpc) is 2.80. The minimum absolute atomic E-state index is 0.135. The molecule has 0 saturated carbocycles. The van der Waals surface area contributed by atoms with E-state index >= 15 is 0 Å². The van der Waals surface area contributed by atoms with E-state index in [0.29, 0.717) is 40.1 Å². The van der Waals surface area contributed by atoms with Crippen LogP contribution < -0.4 is 20.3 Å². The van der Waals surface area contributed by atoms with E-state index < -0.39 is 10.0 Å². The van der Waals surface area contributed by atoms with E-state index in [2.05, 4.69) is 10.3 Å². The van der Waals surface area contributed by atoms with Crippen molar-refractivity contribution in [2.24, 2.45) is 0 Å². The number of benzene rings is 2. The zero-order valence-corrected chi connectivity index (χ0v) is 20.6. The molecule has 0 radical (unpaired) electrons. The van der Waals surface area contributed by atoms with Gasteiger partial charge in [0.1, 0.15) is 0 Å². The molecule has 1 aromatic heterocycles. The Morgan fingerprint density at radius 1 is 1.12 bits per heavy atom. The molecule has 0 aliphatic rings. The molecule has 0 aliphatic carbocycles. The fourth-order valence-corrected chi connectivity index (χ4v) is 4.57. The standard InChI is InChI=1S/C23H28N4O6S/c1-15-8-9-16(11-21(15)34(30,31)26(2)3)25-22(28)7-6-10-27-14-24-18-13-20(33-5)19(32-4)12-17(18)23(27)29/h8-9,11-14H,6-7,10H2,1-5H3,(H,25,28). The third-order valence-electron chi connectivity index (χ3n) is 5.36. The van der Waals surface area contributed by atoms with E-state index in [0.717, 1.165) is 4.31 Å². The minimum atomic E-state index is -3.63. The van der Waals surface area contributed by atoms with Gasteiger partial charge in [-0.3, -0.25) is 14.2 Å². The largest absolute Gasteiger partial charge is 0.493 e. The van der Waals surface area contributed by atoms with Crippen molar-refractivity contribution in [3.63, 3.8) is 0 Å².